The number of carbonyl (C=O) groups is 7. The van der Waals surface area contributed by atoms with E-state index in [1.54, 1.807) is 0 Å². The molecule has 2 aromatic carbocycles. The number of amides is 6. The molecule has 11 N–H and O–H groups in total. The van der Waals surface area contributed by atoms with Crippen LogP contribution in [-0.2, 0) is 33.5 Å². The third-order valence-corrected chi connectivity index (χ3v) is 8.00. The Balaban J connectivity index is 1.63. The highest BCUT2D eigenvalue weighted by Crippen LogP contribution is 2.44. The number of carbonyl (C=O) groups excluding carboxylic acids is 6. The minimum absolute atomic E-state index is 0.00914. The summed E-state index contributed by atoms with van der Waals surface area (Å²) in [5.41, 5.74) is 20.2. The molecule has 0 radical (unpaired) electrons. The lowest BCUT2D eigenvalue weighted by molar-refractivity contribution is -0.138. The van der Waals surface area contributed by atoms with E-state index in [1.807, 2.05) is 48.5 Å². The average molecular weight is 682 g/mol. The summed E-state index contributed by atoms with van der Waals surface area (Å²) < 4.78 is 5.47. The molecule has 2 aromatic rings. The lowest BCUT2D eigenvalue weighted by atomic mass is 9.98. The predicted octanol–water partition coefficient (Wildman–Crippen LogP) is -0.277. The quantitative estimate of drug-likeness (QED) is 0.0898. The van der Waals surface area contributed by atoms with Crippen LogP contribution in [0.5, 0.6) is 0 Å². The maximum atomic E-state index is 13.2. The van der Waals surface area contributed by atoms with Crippen LogP contribution in [0, 0.1) is 0 Å². The third-order valence-electron chi connectivity index (χ3n) is 8.00. The molecule has 0 spiro atoms. The Hall–Kier alpha value is -5.51. The summed E-state index contributed by atoms with van der Waals surface area (Å²) in [6, 6.07) is 10.1. The standard InChI is InChI=1S/C33H43N7O9/c1-18(37-33(48)49-17-23-21-10-4-2-8-19(21)20-9-3-5-11-22(20)23)30(45)39-25(13-14-28(42)43)31(46)40-26(16-27(35)41)32(47)38-24(29(36)44)12-6-7-15-34/h2-5,8-11,18,23-26H,6-7,12-17,34H2,1H3,(H2,35,41)(H2,36,44)(H,37,48)(H,38,47)(H,39,45)(H,40,46)(H,42,43). The smallest absolute Gasteiger partial charge is 0.407 e. The van der Waals surface area contributed by atoms with Crippen LogP contribution in [0.25, 0.3) is 11.1 Å². The first-order chi connectivity index (χ1) is 23.3. The highest BCUT2D eigenvalue weighted by molar-refractivity contribution is 5.97. The van der Waals surface area contributed by atoms with Crippen molar-refractivity contribution in [1.82, 2.24) is 21.3 Å². The molecule has 3 rings (SSSR count). The van der Waals surface area contributed by atoms with Gasteiger partial charge in [-0.1, -0.05) is 48.5 Å². The second-order valence-corrected chi connectivity index (χ2v) is 11.7. The largest absolute Gasteiger partial charge is 0.481 e. The Kier molecular flexibility index (Phi) is 14.1. The Morgan fingerprint density at radius 2 is 1.31 bits per heavy atom. The van der Waals surface area contributed by atoms with Gasteiger partial charge in [-0.3, -0.25) is 28.8 Å². The fraction of sp³-hybridized carbons (Fsp3) is 0.424. The van der Waals surface area contributed by atoms with Gasteiger partial charge in [0.1, 0.15) is 30.8 Å². The van der Waals surface area contributed by atoms with Crippen LogP contribution in [0.15, 0.2) is 48.5 Å². The molecule has 16 nitrogen and oxygen atoms in total. The topological polar surface area (TPSA) is 275 Å². The summed E-state index contributed by atoms with van der Waals surface area (Å²) in [6.45, 7) is 1.68. The summed E-state index contributed by atoms with van der Waals surface area (Å²) in [5, 5.41) is 18.7. The second kappa shape index (κ2) is 18.1. The van der Waals surface area contributed by atoms with E-state index < -0.39 is 85.0 Å². The number of carboxylic acids is 1. The highest BCUT2D eigenvalue weighted by atomic mass is 16.5. The van der Waals surface area contributed by atoms with Gasteiger partial charge in [-0.25, -0.2) is 4.79 Å². The van der Waals surface area contributed by atoms with Crippen molar-refractivity contribution in [2.45, 2.75) is 75.5 Å². The molecule has 264 valence electrons. The first kappa shape index (κ1) is 37.9. The van der Waals surface area contributed by atoms with E-state index >= 15 is 0 Å². The van der Waals surface area contributed by atoms with Crippen molar-refractivity contribution in [3.63, 3.8) is 0 Å². The van der Waals surface area contributed by atoms with E-state index in [-0.39, 0.29) is 18.9 Å². The molecule has 0 aliphatic heterocycles. The van der Waals surface area contributed by atoms with Crippen LogP contribution in [0.2, 0.25) is 0 Å². The van der Waals surface area contributed by atoms with Crippen molar-refractivity contribution in [2.75, 3.05) is 13.2 Å². The lowest BCUT2D eigenvalue weighted by Crippen LogP contribution is -2.58. The first-order valence-electron chi connectivity index (χ1n) is 15.8. The molecule has 6 amide bonds. The summed E-state index contributed by atoms with van der Waals surface area (Å²) in [7, 11) is 0. The highest BCUT2D eigenvalue weighted by Gasteiger charge is 2.32. The molecule has 0 fully saturated rings. The summed E-state index contributed by atoms with van der Waals surface area (Å²) in [4.78, 5) is 86.9. The van der Waals surface area contributed by atoms with Crippen molar-refractivity contribution in [3.05, 3.63) is 59.7 Å². The molecular weight excluding hydrogens is 638 g/mol. The van der Waals surface area contributed by atoms with Gasteiger partial charge in [0.05, 0.1) is 6.42 Å². The Morgan fingerprint density at radius 3 is 1.86 bits per heavy atom. The summed E-state index contributed by atoms with van der Waals surface area (Å²) in [6.07, 6.45) is -1.36. The minimum atomic E-state index is -1.58. The fourth-order valence-electron chi connectivity index (χ4n) is 5.45. The molecule has 0 saturated carbocycles. The first-order valence-corrected chi connectivity index (χ1v) is 15.8. The normalized spacial score (nSPS) is 14.2. The summed E-state index contributed by atoms with van der Waals surface area (Å²) >= 11 is 0. The Morgan fingerprint density at radius 1 is 0.755 bits per heavy atom. The zero-order valence-corrected chi connectivity index (χ0v) is 27.1. The molecule has 49 heavy (non-hydrogen) atoms. The van der Waals surface area contributed by atoms with Crippen LogP contribution < -0.4 is 38.5 Å². The van der Waals surface area contributed by atoms with Gasteiger partial charge in [0.15, 0.2) is 0 Å². The van der Waals surface area contributed by atoms with Crippen LogP contribution in [0.3, 0.4) is 0 Å². The molecule has 4 unspecified atom stereocenters. The molecule has 0 aromatic heterocycles. The van der Waals surface area contributed by atoms with Crippen molar-refractivity contribution in [3.8, 4) is 11.1 Å². The SMILES string of the molecule is CC(NC(=O)OCC1c2ccccc2-c2ccccc21)C(=O)NC(CCC(=O)O)C(=O)NC(CC(N)=O)C(=O)NC(CCCCN)C(N)=O. The van der Waals surface area contributed by atoms with Gasteiger partial charge in [0.25, 0.3) is 0 Å². The number of nitrogens with two attached hydrogens (primary N) is 3. The molecule has 0 bridgehead atoms. The van der Waals surface area contributed by atoms with Crippen LogP contribution >= 0.6 is 0 Å². The second-order valence-electron chi connectivity index (χ2n) is 11.7. The van der Waals surface area contributed by atoms with Crippen molar-refractivity contribution < 1.29 is 43.4 Å². The number of ether oxygens (including phenoxy) is 1. The Labute approximate surface area is 282 Å². The predicted molar refractivity (Wildman–Crippen MR) is 176 cm³/mol. The van der Waals surface area contributed by atoms with E-state index in [1.165, 1.54) is 6.92 Å². The zero-order chi connectivity index (χ0) is 36.1. The molecular formula is C33H43N7O9. The van der Waals surface area contributed by atoms with E-state index in [2.05, 4.69) is 21.3 Å². The van der Waals surface area contributed by atoms with Gasteiger partial charge in [-0.05, 0) is 61.4 Å². The van der Waals surface area contributed by atoms with Crippen LogP contribution in [0.4, 0.5) is 4.79 Å². The fourth-order valence-corrected chi connectivity index (χ4v) is 5.45. The van der Waals surface area contributed by atoms with Gasteiger partial charge in [0.2, 0.25) is 29.5 Å². The van der Waals surface area contributed by atoms with Gasteiger partial charge in [-0.2, -0.15) is 0 Å². The van der Waals surface area contributed by atoms with Gasteiger partial charge in [0, 0.05) is 12.3 Å². The third kappa shape index (κ3) is 11.0. The number of unbranched alkanes of at least 4 members (excludes halogenated alkanes) is 1. The molecule has 16 heteroatoms. The maximum Gasteiger partial charge on any atom is 0.407 e. The van der Waals surface area contributed by atoms with Crippen LogP contribution in [-0.4, -0.2) is 84.0 Å². The molecule has 1 aliphatic carbocycles. The molecule has 0 heterocycles. The Bertz CT molecular complexity index is 1500. The number of benzene rings is 2. The number of aliphatic carboxylic acids is 1. The van der Waals surface area contributed by atoms with Crippen molar-refractivity contribution in [2.24, 2.45) is 17.2 Å². The van der Waals surface area contributed by atoms with E-state index in [9.17, 15) is 38.7 Å². The number of primary amides is 2. The number of rotatable bonds is 19. The van der Waals surface area contributed by atoms with E-state index in [0.29, 0.717) is 19.4 Å². The number of alkyl carbamates (subject to hydrolysis) is 1. The number of hydrogen-bond donors (Lipinski definition) is 8. The number of carboxylic acid groups (broad SMARTS) is 1. The minimum Gasteiger partial charge on any atom is -0.481 e. The van der Waals surface area contributed by atoms with Crippen molar-refractivity contribution in [1.29, 1.82) is 0 Å². The molecule has 4 atom stereocenters. The summed E-state index contributed by atoms with van der Waals surface area (Å²) in [5.74, 6) is -6.12. The van der Waals surface area contributed by atoms with Gasteiger partial charge < -0.3 is 48.3 Å². The maximum absolute atomic E-state index is 13.2. The van der Waals surface area contributed by atoms with Crippen molar-refractivity contribution >= 4 is 41.6 Å². The average Bonchev–Trinajstić information content (AvgIpc) is 3.37. The lowest BCUT2D eigenvalue weighted by Gasteiger charge is -2.25. The van der Waals surface area contributed by atoms with Gasteiger partial charge in [-0.15, -0.1) is 0 Å². The van der Waals surface area contributed by atoms with Gasteiger partial charge >= 0.3 is 12.1 Å². The van der Waals surface area contributed by atoms with E-state index in [4.69, 9.17) is 21.9 Å². The molecule has 1 aliphatic rings. The number of fused-ring (bicyclic) bond motifs is 3. The monoisotopic (exact) mass is 681 g/mol. The molecule has 0 saturated heterocycles. The van der Waals surface area contributed by atoms with Crippen LogP contribution in [0.1, 0.15) is 62.5 Å². The zero-order valence-electron chi connectivity index (χ0n) is 27.1. The number of nitrogens with one attached hydrogen (secondary N) is 4. The number of hydrogen-bond acceptors (Lipinski definition) is 9. The van der Waals surface area contributed by atoms with E-state index in [0.717, 1.165) is 22.3 Å².